The molecule has 4 rings (SSSR count). The summed E-state index contributed by atoms with van der Waals surface area (Å²) in [4.78, 5) is 15.1. The minimum atomic E-state index is -1.53. The molecule has 2 saturated heterocycles. The molecule has 0 radical (unpaired) electrons. The topological polar surface area (TPSA) is 149 Å². The average Bonchev–Trinajstić information content (AvgIpc) is 2.74. The Morgan fingerprint density at radius 2 is 1.94 bits per heavy atom. The first-order valence-corrected chi connectivity index (χ1v) is 10.5. The van der Waals surface area contributed by atoms with Gasteiger partial charge in [0.15, 0.2) is 17.6 Å². The molecular weight excluding hydrogens is 410 g/mol. The molecule has 172 valence electrons. The first kappa shape index (κ1) is 22.1. The fourth-order valence-electron chi connectivity index (χ4n) is 4.92. The summed E-state index contributed by atoms with van der Waals surface area (Å²) in [6, 6.07) is 0. The predicted octanol–water partition coefficient (Wildman–Crippen LogP) is 0.0313. The van der Waals surface area contributed by atoms with Crippen LogP contribution in [-0.2, 0) is 16.0 Å². The second-order valence-corrected chi connectivity index (χ2v) is 8.61. The maximum atomic E-state index is 13.0. The van der Waals surface area contributed by atoms with Gasteiger partial charge in [-0.05, 0) is 25.3 Å². The number of fused-ring (bicyclic) bond motifs is 3. The normalized spacial score (nSPS) is 33.4. The largest absolute Gasteiger partial charge is 0.504 e. The third-order valence-corrected chi connectivity index (χ3v) is 6.47. The molecule has 10 heteroatoms. The number of esters is 1. The summed E-state index contributed by atoms with van der Waals surface area (Å²) >= 11 is 0. The zero-order valence-electron chi connectivity index (χ0n) is 17.5. The van der Waals surface area contributed by atoms with Crippen molar-refractivity contribution in [3.05, 3.63) is 16.7 Å². The van der Waals surface area contributed by atoms with Crippen LogP contribution in [0.5, 0.6) is 17.2 Å². The van der Waals surface area contributed by atoms with E-state index in [1.54, 1.807) is 0 Å². The van der Waals surface area contributed by atoms with Crippen LogP contribution in [0.1, 0.15) is 47.4 Å². The number of carbonyl (C=O) groups excluding carboxylic acids is 1. The van der Waals surface area contributed by atoms with Crippen molar-refractivity contribution >= 4 is 5.97 Å². The lowest BCUT2D eigenvalue weighted by atomic mass is 9.84. The lowest BCUT2D eigenvalue weighted by molar-refractivity contribution is -0.235. The molecule has 3 aliphatic rings. The number of nitrogens with zero attached hydrogens (tertiary/aromatic N) is 1. The lowest BCUT2D eigenvalue weighted by Crippen LogP contribution is -2.58. The number of ether oxygens (including phenoxy) is 3. The van der Waals surface area contributed by atoms with E-state index >= 15 is 0 Å². The molecule has 6 atom stereocenters. The second kappa shape index (κ2) is 8.44. The number of rotatable bonds is 4. The van der Waals surface area contributed by atoms with Crippen molar-refractivity contribution in [2.24, 2.45) is 5.92 Å². The van der Waals surface area contributed by atoms with Gasteiger partial charge in [0.25, 0.3) is 0 Å². The molecular formula is C21H29NO9. The lowest BCUT2D eigenvalue weighted by Gasteiger charge is -2.45. The van der Waals surface area contributed by atoms with Crippen LogP contribution in [0, 0.1) is 5.92 Å². The second-order valence-electron chi connectivity index (χ2n) is 8.61. The Hall–Kier alpha value is -2.11. The van der Waals surface area contributed by atoms with E-state index in [2.05, 4.69) is 11.8 Å². The van der Waals surface area contributed by atoms with Crippen LogP contribution in [0.15, 0.2) is 0 Å². The number of benzene rings is 1. The van der Waals surface area contributed by atoms with Crippen molar-refractivity contribution in [1.29, 1.82) is 0 Å². The monoisotopic (exact) mass is 439 g/mol. The molecule has 0 spiro atoms. The SMILES string of the molecule is COc1c(O)c(CN2CCCC(C)C2)c2c(c1O)C1O[C@H](CO)[C@@H](O)[C@H](O)C1OC2=O. The maximum Gasteiger partial charge on any atom is 0.339 e. The van der Waals surface area contributed by atoms with Crippen LogP contribution in [0.25, 0.3) is 0 Å². The number of aromatic hydroxyl groups is 2. The molecule has 3 aliphatic heterocycles. The van der Waals surface area contributed by atoms with Gasteiger partial charge in [0.2, 0.25) is 5.75 Å². The number of phenols is 2. The van der Waals surface area contributed by atoms with Crippen LogP contribution >= 0.6 is 0 Å². The Kier molecular flexibility index (Phi) is 6.01. The molecule has 1 aromatic carbocycles. The third kappa shape index (κ3) is 3.62. The summed E-state index contributed by atoms with van der Waals surface area (Å²) in [6.07, 6.45) is -4.51. The number of hydrogen-bond donors (Lipinski definition) is 5. The van der Waals surface area contributed by atoms with Gasteiger partial charge < -0.3 is 39.7 Å². The van der Waals surface area contributed by atoms with E-state index in [4.69, 9.17) is 14.2 Å². The first-order valence-electron chi connectivity index (χ1n) is 10.5. The standard InChI is InChI=1S/C21H29NO9/c1-9-4-3-5-22(6-9)7-10-12-13(16(26)19(29-2)14(10)24)18-20(31-21(12)28)17(27)15(25)11(8-23)30-18/h9,11,15,17-18,20,23-27H,3-8H2,1-2H3/t9?,11-,15-,17+,18?,20?/m1/s1. The fraction of sp³-hybridized carbons (Fsp3) is 0.667. The third-order valence-electron chi connectivity index (χ3n) is 6.47. The van der Waals surface area contributed by atoms with Crippen molar-refractivity contribution < 1.29 is 44.5 Å². The van der Waals surface area contributed by atoms with Crippen molar-refractivity contribution in [3.63, 3.8) is 0 Å². The molecule has 0 aliphatic carbocycles. The molecule has 1 aromatic rings. The minimum absolute atomic E-state index is 0.0142. The number of methoxy groups -OCH3 is 1. The number of hydrogen-bond acceptors (Lipinski definition) is 10. The Bertz CT molecular complexity index is 860. The van der Waals surface area contributed by atoms with Gasteiger partial charge >= 0.3 is 5.97 Å². The van der Waals surface area contributed by atoms with Crippen LogP contribution in [0.3, 0.4) is 0 Å². The zero-order chi connectivity index (χ0) is 22.4. The van der Waals surface area contributed by atoms with Crippen molar-refractivity contribution in [2.45, 2.75) is 56.8 Å². The van der Waals surface area contributed by atoms with E-state index in [0.29, 0.717) is 5.92 Å². The highest BCUT2D eigenvalue weighted by molar-refractivity contribution is 5.97. The zero-order valence-corrected chi connectivity index (χ0v) is 17.5. The Labute approximate surface area is 179 Å². The summed E-state index contributed by atoms with van der Waals surface area (Å²) in [5.41, 5.74) is 0.211. The smallest absolute Gasteiger partial charge is 0.339 e. The molecule has 2 fully saturated rings. The van der Waals surface area contributed by atoms with Gasteiger partial charge in [-0.2, -0.15) is 0 Å². The van der Waals surface area contributed by atoms with Crippen LogP contribution < -0.4 is 4.74 Å². The molecule has 3 unspecified atom stereocenters. The summed E-state index contributed by atoms with van der Waals surface area (Å²) in [5, 5.41) is 51.9. The van der Waals surface area contributed by atoms with E-state index in [1.165, 1.54) is 7.11 Å². The summed E-state index contributed by atoms with van der Waals surface area (Å²) in [6.45, 7) is 3.36. The van der Waals surface area contributed by atoms with Gasteiger partial charge in [-0.1, -0.05) is 6.92 Å². The molecule has 0 saturated carbocycles. The summed E-state index contributed by atoms with van der Waals surface area (Å²) < 4.78 is 16.3. The quantitative estimate of drug-likeness (QED) is 0.407. The van der Waals surface area contributed by atoms with Gasteiger partial charge in [0.1, 0.15) is 24.4 Å². The van der Waals surface area contributed by atoms with Crippen molar-refractivity contribution in [3.8, 4) is 17.2 Å². The molecule has 0 aromatic heterocycles. The number of aliphatic hydroxyl groups excluding tert-OH is 3. The van der Waals surface area contributed by atoms with Crippen LogP contribution in [0.4, 0.5) is 0 Å². The minimum Gasteiger partial charge on any atom is -0.504 e. The van der Waals surface area contributed by atoms with Crippen molar-refractivity contribution in [1.82, 2.24) is 4.90 Å². The van der Waals surface area contributed by atoms with E-state index < -0.39 is 48.8 Å². The Morgan fingerprint density at radius 3 is 2.58 bits per heavy atom. The number of aliphatic hydroxyl groups is 3. The van der Waals surface area contributed by atoms with E-state index in [9.17, 15) is 30.3 Å². The molecule has 5 N–H and O–H groups in total. The molecule has 0 amide bonds. The summed E-state index contributed by atoms with van der Waals surface area (Å²) in [7, 11) is 1.28. The number of piperidine rings is 1. The van der Waals surface area contributed by atoms with E-state index in [-0.39, 0.29) is 34.7 Å². The molecule has 31 heavy (non-hydrogen) atoms. The predicted molar refractivity (Wildman–Crippen MR) is 106 cm³/mol. The van der Waals surface area contributed by atoms with Crippen LogP contribution in [-0.4, -0.2) is 87.6 Å². The number of carbonyl (C=O) groups is 1. The molecule has 0 bridgehead atoms. The van der Waals surface area contributed by atoms with Crippen molar-refractivity contribution in [2.75, 3.05) is 26.8 Å². The highest BCUT2D eigenvalue weighted by Gasteiger charge is 2.53. The summed E-state index contributed by atoms with van der Waals surface area (Å²) in [5.74, 6) is -1.45. The van der Waals surface area contributed by atoms with E-state index in [0.717, 1.165) is 25.9 Å². The van der Waals surface area contributed by atoms with Gasteiger partial charge in [0.05, 0.1) is 19.3 Å². The van der Waals surface area contributed by atoms with E-state index in [1.807, 2.05) is 0 Å². The molecule has 10 nitrogen and oxygen atoms in total. The fourth-order valence-corrected chi connectivity index (χ4v) is 4.92. The van der Waals surface area contributed by atoms with Gasteiger partial charge in [-0.3, -0.25) is 4.90 Å². The Balaban J connectivity index is 1.84. The maximum absolute atomic E-state index is 13.0. The van der Waals surface area contributed by atoms with Crippen LogP contribution in [0.2, 0.25) is 0 Å². The van der Waals surface area contributed by atoms with Gasteiger partial charge in [0, 0.05) is 24.2 Å². The molecule has 3 heterocycles. The van der Waals surface area contributed by atoms with Gasteiger partial charge in [-0.15, -0.1) is 0 Å². The average molecular weight is 439 g/mol. The first-order chi connectivity index (χ1) is 14.8. The number of likely N-dealkylation sites (tertiary alicyclic amines) is 1. The number of phenolic OH excluding ortho intramolecular Hbond substituents is 2. The van der Waals surface area contributed by atoms with Gasteiger partial charge in [-0.25, -0.2) is 4.79 Å². The highest BCUT2D eigenvalue weighted by atomic mass is 16.6. The highest BCUT2D eigenvalue weighted by Crippen LogP contribution is 2.52. The Morgan fingerprint density at radius 1 is 1.19 bits per heavy atom.